The quantitative estimate of drug-likeness (QED) is 0.290. The second kappa shape index (κ2) is 6.79. The fourth-order valence-corrected chi connectivity index (χ4v) is 4.78. The van der Waals surface area contributed by atoms with Gasteiger partial charge in [0.05, 0.1) is 27.7 Å². The molecular weight excluding hydrogens is 443 g/mol. The monoisotopic (exact) mass is 464 g/mol. The van der Waals surface area contributed by atoms with E-state index >= 15 is 0 Å². The Labute approximate surface area is 166 Å². The Hall–Kier alpha value is -1.70. The third kappa shape index (κ3) is 2.88. The van der Waals surface area contributed by atoms with Crippen molar-refractivity contribution >= 4 is 40.6 Å². The third-order valence-electron chi connectivity index (χ3n) is 5.63. The molecule has 1 aromatic rings. The highest BCUT2D eigenvalue weighted by Gasteiger charge is 2.59. The van der Waals surface area contributed by atoms with Crippen LogP contribution in [0.25, 0.3) is 0 Å². The second-order valence-corrected chi connectivity index (χ2v) is 8.42. The molecule has 4 rings (SSSR count). The minimum Gasteiger partial charge on any atom is -0.490 e. The zero-order valence-corrected chi connectivity index (χ0v) is 16.9. The highest BCUT2D eigenvalue weighted by molar-refractivity contribution is 14.1. The predicted octanol–water partition coefficient (Wildman–Crippen LogP) is 3.61. The van der Waals surface area contributed by atoms with Gasteiger partial charge in [-0.2, -0.15) is 10.1 Å². The fourth-order valence-electron chi connectivity index (χ4n) is 4.12. The smallest absolute Gasteiger partial charge is 0.254 e. The van der Waals surface area contributed by atoms with E-state index in [0.29, 0.717) is 0 Å². The maximum Gasteiger partial charge on any atom is 0.254 e. The molecule has 136 valence electrons. The molecule has 2 aliphatic carbocycles. The number of allylic oxidation sites excluding steroid dienone is 2. The van der Waals surface area contributed by atoms with Crippen molar-refractivity contribution < 1.29 is 14.3 Å². The zero-order chi connectivity index (χ0) is 18.4. The summed E-state index contributed by atoms with van der Waals surface area (Å²) < 4.78 is 6.84. The number of carbonyl (C=O) groups excluding carboxylic acids is 2. The van der Waals surface area contributed by atoms with Crippen molar-refractivity contribution in [2.24, 2.45) is 28.8 Å². The van der Waals surface area contributed by atoms with Crippen molar-refractivity contribution in [3.63, 3.8) is 0 Å². The number of imide groups is 1. The molecule has 5 atom stereocenters. The van der Waals surface area contributed by atoms with Gasteiger partial charge in [0.25, 0.3) is 11.8 Å². The van der Waals surface area contributed by atoms with Crippen LogP contribution in [-0.2, 0) is 9.59 Å². The first-order valence-electron chi connectivity index (χ1n) is 9.06. The molecule has 1 aliphatic heterocycles. The number of carbonyl (C=O) groups is 2. The number of hydrogen-bond donors (Lipinski definition) is 0. The number of nitrogens with zero attached hydrogens (tertiary/aromatic N) is 2. The average Bonchev–Trinajstić information content (AvgIpc) is 3.30. The number of hydrogen-bond acceptors (Lipinski definition) is 4. The van der Waals surface area contributed by atoms with Crippen LogP contribution in [0.5, 0.6) is 5.75 Å². The number of halogens is 1. The van der Waals surface area contributed by atoms with E-state index in [1.54, 1.807) is 6.21 Å². The van der Waals surface area contributed by atoms with Gasteiger partial charge in [-0.25, -0.2) is 0 Å². The van der Waals surface area contributed by atoms with Gasteiger partial charge in [0.1, 0.15) is 5.75 Å². The van der Waals surface area contributed by atoms with Crippen LogP contribution in [0.3, 0.4) is 0 Å². The molecule has 0 radical (unpaired) electrons. The summed E-state index contributed by atoms with van der Waals surface area (Å²) in [6.07, 6.45) is 7.79. The molecule has 5 nitrogen and oxygen atoms in total. The summed E-state index contributed by atoms with van der Waals surface area (Å²) in [5.74, 6) is 0.531. The van der Waals surface area contributed by atoms with Crippen molar-refractivity contribution in [1.29, 1.82) is 0 Å². The van der Waals surface area contributed by atoms with Gasteiger partial charge in [-0.1, -0.05) is 19.1 Å². The van der Waals surface area contributed by atoms with E-state index in [0.717, 1.165) is 32.7 Å². The van der Waals surface area contributed by atoms with E-state index in [4.69, 9.17) is 4.74 Å². The Morgan fingerprint density at radius 2 is 1.92 bits per heavy atom. The molecule has 26 heavy (non-hydrogen) atoms. The number of benzene rings is 1. The molecule has 2 amide bonds. The second-order valence-electron chi connectivity index (χ2n) is 7.26. The minimum absolute atomic E-state index is 0.153. The summed E-state index contributed by atoms with van der Waals surface area (Å²) in [6, 6.07) is 5.74. The highest BCUT2D eigenvalue weighted by atomic mass is 127. The maximum absolute atomic E-state index is 12.6. The van der Waals surface area contributed by atoms with Crippen LogP contribution in [0, 0.1) is 27.2 Å². The molecule has 1 saturated carbocycles. The molecule has 1 heterocycles. The normalized spacial score (nSPS) is 30.5. The Morgan fingerprint density at radius 1 is 1.27 bits per heavy atom. The van der Waals surface area contributed by atoms with Gasteiger partial charge in [-0.15, -0.1) is 0 Å². The lowest BCUT2D eigenvalue weighted by Gasteiger charge is -2.14. The van der Waals surface area contributed by atoms with Crippen LogP contribution < -0.4 is 4.74 Å². The molecule has 1 aromatic carbocycles. The topological polar surface area (TPSA) is 59.0 Å². The van der Waals surface area contributed by atoms with Gasteiger partial charge >= 0.3 is 0 Å². The third-order valence-corrected chi connectivity index (χ3v) is 6.47. The predicted molar refractivity (Wildman–Crippen MR) is 107 cm³/mol. The van der Waals surface area contributed by atoms with Crippen molar-refractivity contribution in [3.05, 3.63) is 39.5 Å². The van der Waals surface area contributed by atoms with Crippen molar-refractivity contribution in [3.8, 4) is 5.75 Å². The molecular formula is C20H21IN2O3. The van der Waals surface area contributed by atoms with Crippen LogP contribution in [0.15, 0.2) is 35.5 Å². The van der Waals surface area contributed by atoms with E-state index in [1.165, 1.54) is 0 Å². The minimum atomic E-state index is -0.207. The summed E-state index contributed by atoms with van der Waals surface area (Å²) in [5.41, 5.74) is 0.838. The average molecular weight is 464 g/mol. The zero-order valence-electron chi connectivity index (χ0n) is 14.8. The van der Waals surface area contributed by atoms with Gasteiger partial charge in [-0.3, -0.25) is 9.59 Å². The summed E-state index contributed by atoms with van der Waals surface area (Å²) in [4.78, 5) is 25.2. The number of rotatable bonds is 5. The fraction of sp³-hybridized carbons (Fsp3) is 0.450. The van der Waals surface area contributed by atoms with Gasteiger partial charge < -0.3 is 4.74 Å². The van der Waals surface area contributed by atoms with E-state index in [2.05, 4.69) is 46.8 Å². The first kappa shape index (κ1) is 17.7. The lowest BCUT2D eigenvalue weighted by molar-refractivity contribution is -0.140. The Morgan fingerprint density at radius 3 is 2.50 bits per heavy atom. The molecule has 0 aromatic heterocycles. The number of fused-ring (bicyclic) bond motifs is 5. The number of amides is 2. The molecule has 2 bridgehead atoms. The van der Waals surface area contributed by atoms with Crippen LogP contribution in [0.4, 0.5) is 0 Å². The first-order chi connectivity index (χ1) is 12.5. The Bertz CT molecular complexity index is 789. The lowest BCUT2D eigenvalue weighted by atomic mass is 9.85. The van der Waals surface area contributed by atoms with Crippen LogP contribution in [-0.4, -0.2) is 29.1 Å². The molecule has 3 aliphatic rings. The van der Waals surface area contributed by atoms with E-state index < -0.39 is 0 Å². The van der Waals surface area contributed by atoms with Gasteiger partial charge in [-0.05, 0) is 78.0 Å². The maximum atomic E-state index is 12.6. The van der Waals surface area contributed by atoms with Crippen molar-refractivity contribution in [2.45, 2.75) is 32.8 Å². The SMILES string of the molecule is CC[C@H](C)Oc1ccc(C=NN2C(=O)[C@@H]3[C@H](C2=O)[C@H]2C=C[C@H]3C2)cc1I. The summed E-state index contributed by atoms with van der Waals surface area (Å²) >= 11 is 2.22. The van der Waals surface area contributed by atoms with Gasteiger partial charge in [0.15, 0.2) is 0 Å². The molecule has 1 saturated heterocycles. The Kier molecular flexibility index (Phi) is 4.62. The lowest BCUT2D eigenvalue weighted by Crippen LogP contribution is -2.28. The standard InChI is InChI=1S/C20H21IN2O3/c1-3-11(2)26-16-7-4-12(8-15(16)21)10-22-23-19(24)17-13-5-6-14(9-13)18(17)20(23)25/h4-8,10-11,13-14,17-18H,3,9H2,1-2H3/t11-,13-,14-,17-,18+/m0/s1. The largest absolute Gasteiger partial charge is 0.490 e. The number of ether oxygens (including phenoxy) is 1. The highest BCUT2D eigenvalue weighted by Crippen LogP contribution is 2.52. The molecule has 2 fully saturated rings. The molecule has 0 spiro atoms. The van der Waals surface area contributed by atoms with Crippen molar-refractivity contribution in [1.82, 2.24) is 5.01 Å². The summed E-state index contributed by atoms with van der Waals surface area (Å²) in [5, 5.41) is 5.30. The Balaban J connectivity index is 1.49. The van der Waals surface area contributed by atoms with E-state index in [1.807, 2.05) is 25.1 Å². The van der Waals surface area contributed by atoms with Crippen LogP contribution >= 0.6 is 22.6 Å². The van der Waals surface area contributed by atoms with Crippen molar-refractivity contribution in [2.75, 3.05) is 0 Å². The van der Waals surface area contributed by atoms with Crippen LogP contribution in [0.1, 0.15) is 32.3 Å². The molecule has 0 N–H and O–H groups in total. The van der Waals surface area contributed by atoms with Crippen LogP contribution in [0.2, 0.25) is 0 Å². The van der Waals surface area contributed by atoms with Gasteiger partial charge in [0, 0.05) is 0 Å². The molecule has 0 unspecified atom stereocenters. The summed E-state index contributed by atoms with van der Waals surface area (Å²) in [7, 11) is 0. The van der Waals surface area contributed by atoms with Gasteiger partial charge in [0.2, 0.25) is 0 Å². The van der Waals surface area contributed by atoms with E-state index in [-0.39, 0.29) is 41.6 Å². The van der Waals surface area contributed by atoms with E-state index in [9.17, 15) is 9.59 Å². The summed E-state index contributed by atoms with van der Waals surface area (Å²) in [6.45, 7) is 4.12. The number of hydrazone groups is 1. The first-order valence-corrected chi connectivity index (χ1v) is 10.1. The molecule has 6 heteroatoms.